The van der Waals surface area contributed by atoms with Crippen LogP contribution in [-0.4, -0.2) is 17.5 Å². The van der Waals surface area contributed by atoms with Gasteiger partial charge in [-0.1, -0.05) is 12.1 Å². The Morgan fingerprint density at radius 3 is 2.81 bits per heavy atom. The monoisotopic (exact) mass is 222 g/mol. The van der Waals surface area contributed by atoms with Gasteiger partial charge in [-0.15, -0.1) is 0 Å². The summed E-state index contributed by atoms with van der Waals surface area (Å²) in [5, 5.41) is 10.8. The zero-order valence-corrected chi connectivity index (χ0v) is 7.95. The molecular weight excluding hydrogens is 215 g/mol. The van der Waals surface area contributed by atoms with Crippen LogP contribution in [-0.2, 0) is 9.63 Å². The van der Waals surface area contributed by atoms with Crippen LogP contribution >= 0.6 is 0 Å². The van der Waals surface area contributed by atoms with E-state index in [1.165, 1.54) is 18.2 Å². The Hall–Kier alpha value is -2.44. The fraction of sp³-hybridized carbons (Fsp3) is 0. The summed E-state index contributed by atoms with van der Waals surface area (Å²) in [5.74, 6) is -1.56. The van der Waals surface area contributed by atoms with Gasteiger partial charge >= 0.3 is 5.91 Å². The number of anilines is 1. The third kappa shape index (κ3) is 1.83. The molecule has 16 heavy (non-hydrogen) atoms. The van der Waals surface area contributed by atoms with E-state index in [2.05, 4.69) is 15.4 Å². The SMILES string of the molecule is N=C1ONC(=O)/C1=N\Nc1ccccc1F. The van der Waals surface area contributed by atoms with Gasteiger partial charge in [0.15, 0.2) is 0 Å². The van der Waals surface area contributed by atoms with E-state index in [4.69, 9.17) is 5.41 Å². The molecule has 6 nitrogen and oxygen atoms in total. The molecule has 1 fully saturated rings. The number of carbonyl (C=O) groups is 1. The zero-order valence-electron chi connectivity index (χ0n) is 7.95. The Labute approximate surface area is 89.6 Å². The molecule has 0 aromatic heterocycles. The minimum Gasteiger partial charge on any atom is -0.357 e. The van der Waals surface area contributed by atoms with Crippen LogP contribution in [0, 0.1) is 11.2 Å². The summed E-state index contributed by atoms with van der Waals surface area (Å²) >= 11 is 0. The van der Waals surface area contributed by atoms with E-state index >= 15 is 0 Å². The Balaban J connectivity index is 2.18. The molecule has 1 amide bonds. The number of amides is 1. The summed E-state index contributed by atoms with van der Waals surface area (Å²) in [6, 6.07) is 5.85. The van der Waals surface area contributed by atoms with Crippen molar-refractivity contribution in [2.24, 2.45) is 5.10 Å². The molecule has 1 aliphatic heterocycles. The topological polar surface area (TPSA) is 86.6 Å². The van der Waals surface area contributed by atoms with Crippen molar-refractivity contribution in [2.75, 3.05) is 5.43 Å². The van der Waals surface area contributed by atoms with E-state index in [0.29, 0.717) is 0 Å². The maximum absolute atomic E-state index is 13.1. The highest BCUT2D eigenvalue weighted by atomic mass is 19.1. The molecule has 2 rings (SSSR count). The van der Waals surface area contributed by atoms with E-state index in [-0.39, 0.29) is 11.4 Å². The molecule has 0 saturated carbocycles. The summed E-state index contributed by atoms with van der Waals surface area (Å²) < 4.78 is 13.1. The van der Waals surface area contributed by atoms with Crippen molar-refractivity contribution in [3.8, 4) is 0 Å². The lowest BCUT2D eigenvalue weighted by Crippen LogP contribution is -2.20. The van der Waals surface area contributed by atoms with Crippen LogP contribution in [0.15, 0.2) is 29.4 Å². The predicted molar refractivity (Wildman–Crippen MR) is 54.4 cm³/mol. The van der Waals surface area contributed by atoms with Gasteiger partial charge in [-0.25, -0.2) is 4.39 Å². The van der Waals surface area contributed by atoms with Crippen LogP contribution < -0.4 is 10.9 Å². The Morgan fingerprint density at radius 1 is 1.44 bits per heavy atom. The number of hydrogen-bond acceptors (Lipinski definition) is 5. The summed E-state index contributed by atoms with van der Waals surface area (Å²) in [5.41, 5.74) is 4.17. The fourth-order valence-electron chi connectivity index (χ4n) is 1.07. The number of benzene rings is 1. The number of rotatable bonds is 2. The van der Waals surface area contributed by atoms with Crippen LogP contribution in [0.5, 0.6) is 0 Å². The molecule has 1 aromatic carbocycles. The average Bonchev–Trinajstić information content (AvgIpc) is 2.58. The maximum atomic E-state index is 13.1. The standard InChI is InChI=1S/C9H7FN4O2/c10-5-3-1-2-4-6(5)12-13-7-8(11)16-14-9(7)15/h1-4,11-12H,(H,14,15)/b11-8?,13-7-. The number of hydrogen-bond donors (Lipinski definition) is 3. The number of nitrogens with zero attached hydrogens (tertiary/aromatic N) is 1. The van der Waals surface area contributed by atoms with Crippen molar-refractivity contribution < 1.29 is 14.0 Å². The summed E-state index contributed by atoms with van der Waals surface area (Å²) in [6.07, 6.45) is 0. The smallest absolute Gasteiger partial charge is 0.310 e. The minimum absolute atomic E-state index is 0.113. The first-order chi connectivity index (χ1) is 7.68. The van der Waals surface area contributed by atoms with E-state index in [0.717, 1.165) is 0 Å². The second-order valence-corrected chi connectivity index (χ2v) is 2.91. The van der Waals surface area contributed by atoms with Crippen molar-refractivity contribution >= 4 is 23.2 Å². The first-order valence-electron chi connectivity index (χ1n) is 4.33. The molecular formula is C9H7FN4O2. The second kappa shape index (κ2) is 3.97. The average molecular weight is 222 g/mol. The van der Waals surface area contributed by atoms with E-state index in [1.54, 1.807) is 6.07 Å². The number of hydrazone groups is 1. The molecule has 3 N–H and O–H groups in total. The van der Waals surface area contributed by atoms with Gasteiger partial charge in [-0.05, 0) is 12.1 Å². The number of halogens is 1. The first kappa shape index (κ1) is 10.1. The number of nitrogens with one attached hydrogen (secondary N) is 3. The molecule has 0 bridgehead atoms. The Bertz CT molecular complexity index is 468. The number of hydroxylamine groups is 1. The van der Waals surface area contributed by atoms with Gasteiger partial charge < -0.3 is 4.84 Å². The second-order valence-electron chi connectivity index (χ2n) is 2.91. The third-order valence-corrected chi connectivity index (χ3v) is 1.84. The molecule has 0 unspecified atom stereocenters. The molecule has 1 aromatic rings. The Morgan fingerprint density at radius 2 is 2.19 bits per heavy atom. The van der Waals surface area contributed by atoms with Gasteiger partial charge in [0, 0.05) is 0 Å². The van der Waals surface area contributed by atoms with E-state index < -0.39 is 17.6 Å². The van der Waals surface area contributed by atoms with Gasteiger partial charge in [0.2, 0.25) is 5.71 Å². The van der Waals surface area contributed by atoms with Gasteiger partial charge in [0.25, 0.3) is 5.90 Å². The normalized spacial score (nSPS) is 17.2. The van der Waals surface area contributed by atoms with Crippen LogP contribution in [0.4, 0.5) is 10.1 Å². The molecule has 0 spiro atoms. The highest BCUT2D eigenvalue weighted by Crippen LogP contribution is 2.12. The van der Waals surface area contributed by atoms with E-state index in [9.17, 15) is 9.18 Å². The van der Waals surface area contributed by atoms with Crippen LogP contribution in [0.3, 0.4) is 0 Å². The Kier molecular flexibility index (Phi) is 2.50. The van der Waals surface area contributed by atoms with Crippen molar-refractivity contribution in [3.63, 3.8) is 0 Å². The highest BCUT2D eigenvalue weighted by molar-refractivity contribution is 6.66. The first-order valence-corrected chi connectivity index (χ1v) is 4.33. The largest absolute Gasteiger partial charge is 0.357 e. The van der Waals surface area contributed by atoms with Crippen molar-refractivity contribution in [1.29, 1.82) is 5.41 Å². The van der Waals surface area contributed by atoms with Crippen LogP contribution in [0.1, 0.15) is 0 Å². The highest BCUT2D eigenvalue weighted by Gasteiger charge is 2.27. The predicted octanol–water partition coefficient (Wildman–Crippen LogP) is 0.632. The van der Waals surface area contributed by atoms with Gasteiger partial charge in [0.1, 0.15) is 5.82 Å². The fourth-order valence-corrected chi connectivity index (χ4v) is 1.07. The molecule has 82 valence electrons. The van der Waals surface area contributed by atoms with E-state index in [1.807, 2.05) is 5.48 Å². The van der Waals surface area contributed by atoms with Crippen LogP contribution in [0.25, 0.3) is 0 Å². The molecule has 1 saturated heterocycles. The maximum Gasteiger partial charge on any atom is 0.310 e. The molecule has 0 radical (unpaired) electrons. The van der Waals surface area contributed by atoms with Gasteiger partial charge in [-0.3, -0.25) is 15.6 Å². The molecule has 1 heterocycles. The lowest BCUT2D eigenvalue weighted by molar-refractivity contribution is -0.119. The number of carbonyl (C=O) groups excluding carboxylic acids is 1. The van der Waals surface area contributed by atoms with Crippen molar-refractivity contribution in [1.82, 2.24) is 5.48 Å². The van der Waals surface area contributed by atoms with Gasteiger partial charge in [0.05, 0.1) is 5.69 Å². The van der Waals surface area contributed by atoms with Crippen molar-refractivity contribution in [2.45, 2.75) is 0 Å². The van der Waals surface area contributed by atoms with Crippen molar-refractivity contribution in [3.05, 3.63) is 30.1 Å². The lowest BCUT2D eigenvalue weighted by Gasteiger charge is -2.00. The number of para-hydroxylation sites is 1. The van der Waals surface area contributed by atoms with Gasteiger partial charge in [-0.2, -0.15) is 10.6 Å². The molecule has 0 atom stereocenters. The molecule has 1 aliphatic rings. The van der Waals surface area contributed by atoms with Crippen LogP contribution in [0.2, 0.25) is 0 Å². The molecule has 0 aliphatic carbocycles. The molecule has 7 heteroatoms. The third-order valence-electron chi connectivity index (χ3n) is 1.84. The minimum atomic E-state index is -0.645. The zero-order chi connectivity index (χ0) is 11.5. The lowest BCUT2D eigenvalue weighted by atomic mass is 10.3. The quantitative estimate of drug-likeness (QED) is 0.641. The summed E-state index contributed by atoms with van der Waals surface area (Å²) in [7, 11) is 0. The summed E-state index contributed by atoms with van der Waals surface area (Å²) in [6.45, 7) is 0. The summed E-state index contributed by atoms with van der Waals surface area (Å²) in [4.78, 5) is 15.5.